The lowest BCUT2D eigenvalue weighted by atomic mass is 9.82. The standard InChI is InChI=1S/C18H24N2O4/c1-4-24-18(21)13-10-20-6-5-11-7-16(22-2)17(23-3)8-12(11)15(20)9-14(13)19/h7-8,13,15,19H,4-6,9-10H2,1-3H3. The number of esters is 1. The fourth-order valence-electron chi connectivity index (χ4n) is 3.69. The van der Waals surface area contributed by atoms with Crippen LogP contribution in [0.15, 0.2) is 12.1 Å². The third kappa shape index (κ3) is 2.86. The maximum Gasteiger partial charge on any atom is 0.315 e. The van der Waals surface area contributed by atoms with Gasteiger partial charge in [-0.15, -0.1) is 0 Å². The average Bonchev–Trinajstić information content (AvgIpc) is 2.60. The van der Waals surface area contributed by atoms with Crippen LogP contribution in [0.2, 0.25) is 0 Å². The van der Waals surface area contributed by atoms with Gasteiger partial charge in [0.25, 0.3) is 0 Å². The number of piperidine rings is 1. The summed E-state index contributed by atoms with van der Waals surface area (Å²) in [6.07, 6.45) is 1.45. The van der Waals surface area contributed by atoms with E-state index in [0.717, 1.165) is 18.7 Å². The van der Waals surface area contributed by atoms with E-state index >= 15 is 0 Å². The first-order chi connectivity index (χ1) is 11.6. The number of benzene rings is 1. The number of ether oxygens (including phenoxy) is 3. The quantitative estimate of drug-likeness (QED) is 0.856. The Morgan fingerprint density at radius 1 is 1.29 bits per heavy atom. The van der Waals surface area contributed by atoms with E-state index < -0.39 is 5.92 Å². The molecule has 2 aliphatic heterocycles. The molecule has 3 rings (SSSR count). The Hall–Kier alpha value is -2.08. The van der Waals surface area contributed by atoms with Crippen LogP contribution >= 0.6 is 0 Å². The highest BCUT2D eigenvalue weighted by atomic mass is 16.5. The van der Waals surface area contributed by atoms with Crippen molar-refractivity contribution < 1.29 is 19.0 Å². The number of methoxy groups -OCH3 is 2. The molecule has 2 atom stereocenters. The minimum absolute atomic E-state index is 0.117. The van der Waals surface area contributed by atoms with Gasteiger partial charge in [-0.2, -0.15) is 0 Å². The van der Waals surface area contributed by atoms with Crippen LogP contribution in [0.1, 0.15) is 30.5 Å². The molecule has 0 amide bonds. The monoisotopic (exact) mass is 332 g/mol. The van der Waals surface area contributed by atoms with E-state index in [4.69, 9.17) is 19.6 Å². The number of rotatable bonds is 4. The Morgan fingerprint density at radius 2 is 2.00 bits per heavy atom. The molecule has 130 valence electrons. The second-order valence-electron chi connectivity index (χ2n) is 6.20. The Bertz CT molecular complexity index is 659. The van der Waals surface area contributed by atoms with Crippen molar-refractivity contribution in [3.05, 3.63) is 23.3 Å². The van der Waals surface area contributed by atoms with E-state index in [9.17, 15) is 4.79 Å². The molecule has 24 heavy (non-hydrogen) atoms. The molecule has 1 fully saturated rings. The third-order valence-corrected chi connectivity index (χ3v) is 4.94. The maximum absolute atomic E-state index is 12.1. The normalized spacial score (nSPS) is 23.2. The van der Waals surface area contributed by atoms with Gasteiger partial charge in [0, 0.05) is 31.3 Å². The van der Waals surface area contributed by atoms with Crippen molar-refractivity contribution in [1.29, 1.82) is 5.41 Å². The topological polar surface area (TPSA) is 71.8 Å². The minimum atomic E-state index is -0.442. The smallest absolute Gasteiger partial charge is 0.315 e. The zero-order valence-electron chi connectivity index (χ0n) is 14.4. The predicted octanol–water partition coefficient (Wildman–Crippen LogP) is 2.21. The van der Waals surface area contributed by atoms with Crippen molar-refractivity contribution in [3.8, 4) is 11.5 Å². The van der Waals surface area contributed by atoms with E-state index in [1.807, 2.05) is 12.1 Å². The second-order valence-corrected chi connectivity index (χ2v) is 6.20. The molecular weight excluding hydrogens is 308 g/mol. The third-order valence-electron chi connectivity index (χ3n) is 4.94. The first-order valence-electron chi connectivity index (χ1n) is 8.31. The maximum atomic E-state index is 12.1. The molecular formula is C18H24N2O4. The Labute approximate surface area is 142 Å². The van der Waals surface area contributed by atoms with Crippen LogP contribution in [0, 0.1) is 11.3 Å². The van der Waals surface area contributed by atoms with E-state index in [0.29, 0.717) is 31.0 Å². The highest BCUT2D eigenvalue weighted by Crippen LogP contribution is 2.42. The van der Waals surface area contributed by atoms with Crippen LogP contribution in [-0.4, -0.2) is 50.5 Å². The van der Waals surface area contributed by atoms with Crippen LogP contribution in [0.4, 0.5) is 0 Å². The number of nitrogens with one attached hydrogen (secondary N) is 1. The number of carbonyl (C=O) groups is 1. The van der Waals surface area contributed by atoms with E-state index in [1.165, 1.54) is 11.1 Å². The van der Waals surface area contributed by atoms with E-state index in [1.54, 1.807) is 21.1 Å². The van der Waals surface area contributed by atoms with Gasteiger partial charge in [0.1, 0.15) is 5.92 Å². The highest BCUT2D eigenvalue weighted by Gasteiger charge is 2.40. The molecule has 0 aliphatic carbocycles. The van der Waals surface area contributed by atoms with Crippen LogP contribution in [0.5, 0.6) is 11.5 Å². The Morgan fingerprint density at radius 3 is 2.67 bits per heavy atom. The lowest BCUT2D eigenvalue weighted by Crippen LogP contribution is -2.48. The molecule has 6 heteroatoms. The summed E-state index contributed by atoms with van der Waals surface area (Å²) < 4.78 is 15.9. The van der Waals surface area contributed by atoms with Gasteiger partial charge in [-0.3, -0.25) is 9.69 Å². The summed E-state index contributed by atoms with van der Waals surface area (Å²) in [6.45, 7) is 3.57. The summed E-state index contributed by atoms with van der Waals surface area (Å²) in [5, 5.41) is 8.31. The van der Waals surface area contributed by atoms with Crippen LogP contribution in [-0.2, 0) is 16.0 Å². The van der Waals surface area contributed by atoms with Gasteiger partial charge in [-0.1, -0.05) is 0 Å². The van der Waals surface area contributed by atoms with Gasteiger partial charge >= 0.3 is 5.97 Å². The fourth-order valence-corrected chi connectivity index (χ4v) is 3.69. The average molecular weight is 332 g/mol. The molecule has 1 aromatic carbocycles. The highest BCUT2D eigenvalue weighted by molar-refractivity contribution is 6.01. The van der Waals surface area contributed by atoms with Crippen molar-refractivity contribution in [3.63, 3.8) is 0 Å². The summed E-state index contributed by atoms with van der Waals surface area (Å²) in [6, 6.07) is 4.17. The van der Waals surface area contributed by atoms with Gasteiger partial charge in [0.05, 0.1) is 20.8 Å². The Balaban J connectivity index is 1.88. The molecule has 2 unspecified atom stereocenters. The minimum Gasteiger partial charge on any atom is -0.493 e. The SMILES string of the molecule is CCOC(=O)C1CN2CCc3cc(OC)c(OC)cc3C2CC1=N. The molecule has 1 saturated heterocycles. The van der Waals surface area contributed by atoms with Crippen molar-refractivity contribution in [2.45, 2.75) is 25.8 Å². The zero-order chi connectivity index (χ0) is 17.3. The summed E-state index contributed by atoms with van der Waals surface area (Å²) in [4.78, 5) is 14.4. The van der Waals surface area contributed by atoms with Gasteiger partial charge in [-0.05, 0) is 36.6 Å². The van der Waals surface area contributed by atoms with E-state index in [-0.39, 0.29) is 12.0 Å². The number of nitrogens with zero attached hydrogens (tertiary/aromatic N) is 1. The second kappa shape index (κ2) is 6.81. The molecule has 2 aliphatic rings. The molecule has 2 heterocycles. The van der Waals surface area contributed by atoms with E-state index in [2.05, 4.69) is 4.90 Å². The molecule has 0 radical (unpaired) electrons. The predicted molar refractivity (Wildman–Crippen MR) is 90.0 cm³/mol. The molecule has 6 nitrogen and oxygen atoms in total. The first kappa shape index (κ1) is 16.8. The largest absolute Gasteiger partial charge is 0.493 e. The number of hydrogen-bond acceptors (Lipinski definition) is 6. The number of fused-ring (bicyclic) bond motifs is 3. The lowest BCUT2D eigenvalue weighted by Gasteiger charge is -2.43. The zero-order valence-corrected chi connectivity index (χ0v) is 14.4. The number of hydrogen-bond donors (Lipinski definition) is 1. The summed E-state index contributed by atoms with van der Waals surface area (Å²) in [5.41, 5.74) is 2.86. The first-order valence-corrected chi connectivity index (χ1v) is 8.31. The van der Waals surface area contributed by atoms with Crippen molar-refractivity contribution in [2.24, 2.45) is 5.92 Å². The molecule has 1 N–H and O–H groups in total. The van der Waals surface area contributed by atoms with Crippen molar-refractivity contribution >= 4 is 11.7 Å². The number of carbonyl (C=O) groups excluding carboxylic acids is 1. The van der Waals surface area contributed by atoms with Crippen molar-refractivity contribution in [2.75, 3.05) is 33.9 Å². The fraction of sp³-hybridized carbons (Fsp3) is 0.556. The van der Waals surface area contributed by atoms with Gasteiger partial charge in [-0.25, -0.2) is 0 Å². The lowest BCUT2D eigenvalue weighted by molar-refractivity contribution is -0.146. The van der Waals surface area contributed by atoms with Crippen LogP contribution < -0.4 is 9.47 Å². The van der Waals surface area contributed by atoms with Gasteiger partial charge < -0.3 is 19.6 Å². The summed E-state index contributed by atoms with van der Waals surface area (Å²) in [7, 11) is 3.27. The van der Waals surface area contributed by atoms with Crippen LogP contribution in [0.3, 0.4) is 0 Å². The van der Waals surface area contributed by atoms with Crippen molar-refractivity contribution in [1.82, 2.24) is 4.90 Å². The molecule has 0 spiro atoms. The van der Waals surface area contributed by atoms with Crippen LogP contribution in [0.25, 0.3) is 0 Å². The summed E-state index contributed by atoms with van der Waals surface area (Å²) >= 11 is 0. The van der Waals surface area contributed by atoms with Gasteiger partial charge in [0.2, 0.25) is 0 Å². The molecule has 0 bridgehead atoms. The molecule has 0 aromatic heterocycles. The van der Waals surface area contributed by atoms with Gasteiger partial charge in [0.15, 0.2) is 11.5 Å². The Kier molecular flexibility index (Phi) is 4.76. The summed E-state index contributed by atoms with van der Waals surface area (Å²) in [5.74, 6) is 0.721. The molecule has 1 aromatic rings. The molecule has 0 saturated carbocycles.